The van der Waals surface area contributed by atoms with Gasteiger partial charge in [0.25, 0.3) is 0 Å². The Morgan fingerprint density at radius 2 is 2.23 bits per heavy atom. The summed E-state index contributed by atoms with van der Waals surface area (Å²) < 4.78 is 0. The zero-order chi connectivity index (χ0) is 9.68. The molecule has 0 aliphatic heterocycles. The Kier molecular flexibility index (Phi) is 4.46. The summed E-state index contributed by atoms with van der Waals surface area (Å²) in [6.07, 6.45) is 5.33. The van der Waals surface area contributed by atoms with Crippen molar-refractivity contribution < 1.29 is 0 Å². The number of hydrogen-bond donors (Lipinski definition) is 1. The summed E-state index contributed by atoms with van der Waals surface area (Å²) in [5, 5.41) is 0. The fourth-order valence-electron chi connectivity index (χ4n) is 1.54. The van der Waals surface area contributed by atoms with Crippen molar-refractivity contribution in [1.29, 1.82) is 0 Å². The molecule has 0 heterocycles. The minimum Gasteiger partial charge on any atom is -0.327 e. The summed E-state index contributed by atoms with van der Waals surface area (Å²) in [5.74, 6) is 0. The molecule has 0 aromatic rings. The largest absolute Gasteiger partial charge is 0.327 e. The van der Waals surface area contributed by atoms with Crippen LogP contribution in [0, 0.1) is 0 Å². The topological polar surface area (TPSA) is 29.3 Å². The average Bonchev–Trinajstić information content (AvgIpc) is 2.94. The lowest BCUT2D eigenvalue weighted by atomic mass is 10.2. The maximum absolute atomic E-state index is 5.54. The molecular weight excluding hydrogens is 160 g/mol. The van der Waals surface area contributed by atoms with Crippen molar-refractivity contribution in [1.82, 2.24) is 4.90 Å². The standard InChI is InChI=1S/C11H22N2/c1-3-4-7-13(11-5-6-11)9-10(2)8-12/h11H,2-9,12H2,1H3. The second kappa shape index (κ2) is 5.40. The second-order valence-corrected chi connectivity index (χ2v) is 4.01. The Balaban J connectivity index is 2.24. The third-order valence-electron chi connectivity index (χ3n) is 2.58. The maximum Gasteiger partial charge on any atom is 0.0205 e. The van der Waals surface area contributed by atoms with Gasteiger partial charge in [-0.25, -0.2) is 0 Å². The Bertz CT molecular complexity index is 161. The molecule has 1 aliphatic rings. The van der Waals surface area contributed by atoms with E-state index in [1.165, 1.54) is 37.8 Å². The molecule has 2 nitrogen and oxygen atoms in total. The lowest BCUT2D eigenvalue weighted by Crippen LogP contribution is -2.30. The van der Waals surface area contributed by atoms with Gasteiger partial charge in [0.15, 0.2) is 0 Å². The molecule has 0 radical (unpaired) electrons. The molecule has 2 N–H and O–H groups in total. The number of hydrogen-bond acceptors (Lipinski definition) is 2. The molecule has 0 saturated heterocycles. The van der Waals surface area contributed by atoms with E-state index in [1.807, 2.05) is 0 Å². The van der Waals surface area contributed by atoms with Crippen LogP contribution in [0.15, 0.2) is 12.2 Å². The van der Waals surface area contributed by atoms with Crippen LogP contribution in [0.3, 0.4) is 0 Å². The van der Waals surface area contributed by atoms with Gasteiger partial charge in [0.2, 0.25) is 0 Å². The van der Waals surface area contributed by atoms with Crippen molar-refractivity contribution in [3.63, 3.8) is 0 Å². The van der Waals surface area contributed by atoms with Crippen LogP contribution in [0.1, 0.15) is 32.6 Å². The Morgan fingerprint density at radius 3 is 2.69 bits per heavy atom. The van der Waals surface area contributed by atoms with Gasteiger partial charge in [-0.05, 0) is 31.4 Å². The maximum atomic E-state index is 5.54. The number of nitrogens with zero attached hydrogens (tertiary/aromatic N) is 1. The summed E-state index contributed by atoms with van der Waals surface area (Å²) in [4.78, 5) is 2.54. The number of unbranched alkanes of at least 4 members (excludes halogenated alkanes) is 1. The van der Waals surface area contributed by atoms with Crippen LogP contribution in [0.4, 0.5) is 0 Å². The van der Waals surface area contributed by atoms with Gasteiger partial charge in [-0.2, -0.15) is 0 Å². The van der Waals surface area contributed by atoms with Crippen LogP contribution < -0.4 is 5.73 Å². The van der Waals surface area contributed by atoms with Gasteiger partial charge in [-0.1, -0.05) is 19.9 Å². The van der Waals surface area contributed by atoms with E-state index in [0.29, 0.717) is 6.54 Å². The van der Waals surface area contributed by atoms with E-state index in [0.717, 1.165) is 12.6 Å². The van der Waals surface area contributed by atoms with Crippen molar-refractivity contribution in [3.8, 4) is 0 Å². The Morgan fingerprint density at radius 1 is 1.54 bits per heavy atom. The molecule has 1 aliphatic carbocycles. The zero-order valence-corrected chi connectivity index (χ0v) is 8.76. The smallest absolute Gasteiger partial charge is 0.0205 e. The summed E-state index contributed by atoms with van der Waals surface area (Å²) in [6, 6.07) is 0.842. The van der Waals surface area contributed by atoms with Crippen LogP contribution >= 0.6 is 0 Å². The molecule has 0 aromatic heterocycles. The number of nitrogens with two attached hydrogens (primary N) is 1. The Labute approximate surface area is 81.8 Å². The highest BCUT2D eigenvalue weighted by atomic mass is 15.2. The molecular formula is C11H22N2. The lowest BCUT2D eigenvalue weighted by Gasteiger charge is -2.22. The molecule has 1 saturated carbocycles. The van der Waals surface area contributed by atoms with E-state index in [4.69, 9.17) is 5.73 Å². The minimum absolute atomic E-state index is 0.634. The third-order valence-corrected chi connectivity index (χ3v) is 2.58. The van der Waals surface area contributed by atoms with Crippen LogP contribution in [-0.2, 0) is 0 Å². The summed E-state index contributed by atoms with van der Waals surface area (Å²) in [7, 11) is 0. The summed E-state index contributed by atoms with van der Waals surface area (Å²) in [5.41, 5.74) is 6.71. The van der Waals surface area contributed by atoms with E-state index in [-0.39, 0.29) is 0 Å². The van der Waals surface area contributed by atoms with E-state index < -0.39 is 0 Å². The molecule has 2 heteroatoms. The molecule has 0 spiro atoms. The van der Waals surface area contributed by atoms with Crippen molar-refractivity contribution in [3.05, 3.63) is 12.2 Å². The molecule has 0 unspecified atom stereocenters. The van der Waals surface area contributed by atoms with Crippen LogP contribution in [0.2, 0.25) is 0 Å². The van der Waals surface area contributed by atoms with Crippen molar-refractivity contribution in [2.75, 3.05) is 19.6 Å². The van der Waals surface area contributed by atoms with Gasteiger partial charge in [0.1, 0.15) is 0 Å². The van der Waals surface area contributed by atoms with E-state index in [1.54, 1.807) is 0 Å². The predicted octanol–water partition coefficient (Wildman–Crippen LogP) is 1.77. The van der Waals surface area contributed by atoms with Crippen LogP contribution in [0.25, 0.3) is 0 Å². The molecule has 13 heavy (non-hydrogen) atoms. The third kappa shape index (κ3) is 3.92. The molecule has 0 amide bonds. The highest BCUT2D eigenvalue weighted by Crippen LogP contribution is 2.27. The molecule has 0 bridgehead atoms. The van der Waals surface area contributed by atoms with Crippen molar-refractivity contribution in [2.45, 2.75) is 38.6 Å². The summed E-state index contributed by atoms with van der Waals surface area (Å²) >= 11 is 0. The van der Waals surface area contributed by atoms with Gasteiger partial charge in [-0.15, -0.1) is 0 Å². The minimum atomic E-state index is 0.634. The zero-order valence-electron chi connectivity index (χ0n) is 8.76. The monoisotopic (exact) mass is 182 g/mol. The highest BCUT2D eigenvalue weighted by molar-refractivity contribution is 5.01. The van der Waals surface area contributed by atoms with E-state index in [2.05, 4.69) is 18.4 Å². The molecule has 1 rings (SSSR count). The quantitative estimate of drug-likeness (QED) is 0.608. The summed E-state index contributed by atoms with van der Waals surface area (Å²) in [6.45, 7) is 9.08. The van der Waals surface area contributed by atoms with Gasteiger partial charge in [0, 0.05) is 19.1 Å². The van der Waals surface area contributed by atoms with Crippen molar-refractivity contribution >= 4 is 0 Å². The fraction of sp³-hybridized carbons (Fsp3) is 0.818. The predicted molar refractivity (Wildman–Crippen MR) is 57.7 cm³/mol. The van der Waals surface area contributed by atoms with E-state index >= 15 is 0 Å². The normalized spacial score (nSPS) is 16.5. The highest BCUT2D eigenvalue weighted by Gasteiger charge is 2.28. The molecule has 76 valence electrons. The lowest BCUT2D eigenvalue weighted by molar-refractivity contribution is 0.280. The molecule has 1 fully saturated rings. The van der Waals surface area contributed by atoms with Crippen LogP contribution in [-0.4, -0.2) is 30.6 Å². The first-order chi connectivity index (χ1) is 6.27. The fourth-order valence-corrected chi connectivity index (χ4v) is 1.54. The molecule has 0 atom stereocenters. The first kappa shape index (κ1) is 10.7. The van der Waals surface area contributed by atoms with Gasteiger partial charge < -0.3 is 5.73 Å². The second-order valence-electron chi connectivity index (χ2n) is 4.01. The Hall–Kier alpha value is -0.340. The average molecular weight is 182 g/mol. The SMILES string of the molecule is C=C(CN)CN(CCCC)C1CC1. The van der Waals surface area contributed by atoms with Gasteiger partial charge >= 0.3 is 0 Å². The first-order valence-corrected chi connectivity index (χ1v) is 5.38. The molecule has 0 aromatic carbocycles. The van der Waals surface area contributed by atoms with E-state index in [9.17, 15) is 0 Å². The first-order valence-electron chi connectivity index (χ1n) is 5.38. The van der Waals surface area contributed by atoms with Gasteiger partial charge in [-0.3, -0.25) is 4.90 Å². The van der Waals surface area contributed by atoms with Crippen molar-refractivity contribution in [2.24, 2.45) is 5.73 Å². The number of rotatable bonds is 7. The van der Waals surface area contributed by atoms with Gasteiger partial charge in [0.05, 0.1) is 0 Å². The van der Waals surface area contributed by atoms with Crippen LogP contribution in [0.5, 0.6) is 0 Å².